The lowest BCUT2D eigenvalue weighted by atomic mass is 9.74. The Labute approximate surface area is 193 Å². The quantitative estimate of drug-likeness (QED) is 0.530. The number of hydrogen-bond acceptors (Lipinski definition) is 5. The van der Waals surface area contributed by atoms with Gasteiger partial charge in [0, 0.05) is 11.6 Å². The predicted molar refractivity (Wildman–Crippen MR) is 104 cm³/mol. The minimum atomic E-state index is -4.78. The first-order chi connectivity index (χ1) is 16.5. The van der Waals surface area contributed by atoms with Crippen molar-refractivity contribution in [1.82, 2.24) is 4.90 Å². The summed E-state index contributed by atoms with van der Waals surface area (Å²) in [4.78, 5) is 14.8. The van der Waals surface area contributed by atoms with E-state index in [1.54, 1.807) is 6.08 Å². The van der Waals surface area contributed by atoms with E-state index in [9.17, 15) is 31.1 Å². The summed E-state index contributed by atoms with van der Waals surface area (Å²) in [5.41, 5.74) is -2.47. The Kier molecular flexibility index (Phi) is 4.38. The van der Waals surface area contributed by atoms with Gasteiger partial charge in [-0.1, -0.05) is 6.08 Å². The van der Waals surface area contributed by atoms with Crippen LogP contribution in [0.2, 0.25) is 0 Å². The largest absolute Gasteiger partial charge is 0.491 e. The van der Waals surface area contributed by atoms with Crippen molar-refractivity contribution in [2.24, 2.45) is 0 Å². The van der Waals surface area contributed by atoms with Gasteiger partial charge in [0.1, 0.15) is 23.5 Å². The van der Waals surface area contributed by atoms with Gasteiger partial charge in [-0.05, 0) is 36.6 Å². The summed E-state index contributed by atoms with van der Waals surface area (Å²) in [5.74, 6) is -1.39. The van der Waals surface area contributed by atoms with E-state index in [2.05, 4.69) is 0 Å². The van der Waals surface area contributed by atoms with Crippen molar-refractivity contribution in [3.63, 3.8) is 0 Å². The van der Waals surface area contributed by atoms with Crippen LogP contribution in [0.15, 0.2) is 51.6 Å². The molecule has 12 heteroatoms. The number of allylic oxidation sites excluding steroid dienone is 3. The zero-order chi connectivity index (χ0) is 24.8. The number of fused-ring (bicyclic) bond motifs is 5. The van der Waals surface area contributed by atoms with Crippen molar-refractivity contribution < 1.29 is 49.8 Å². The Morgan fingerprint density at radius 3 is 2.37 bits per heavy atom. The molecule has 1 atom stereocenters. The maximum Gasteiger partial charge on any atom is 0.449 e. The molecule has 6 nitrogen and oxygen atoms in total. The van der Waals surface area contributed by atoms with E-state index in [4.69, 9.17) is 18.6 Å². The summed E-state index contributed by atoms with van der Waals surface area (Å²) in [5, 5.41) is 0. The van der Waals surface area contributed by atoms with E-state index < -0.39 is 41.6 Å². The van der Waals surface area contributed by atoms with E-state index in [0.29, 0.717) is 23.1 Å². The fourth-order valence-electron chi connectivity index (χ4n) is 5.11. The first-order valence-corrected chi connectivity index (χ1v) is 10.6. The Bertz CT molecular complexity index is 1320. The minimum absolute atomic E-state index is 0.0371. The number of ether oxygens (including phenoxy) is 3. The molecule has 3 aliphatic heterocycles. The van der Waals surface area contributed by atoms with Crippen LogP contribution in [0, 0.1) is 0 Å². The highest BCUT2D eigenvalue weighted by molar-refractivity contribution is 6.01. The third-order valence-corrected chi connectivity index (χ3v) is 6.60. The van der Waals surface area contributed by atoms with Crippen molar-refractivity contribution >= 4 is 5.91 Å². The van der Waals surface area contributed by atoms with E-state index in [0.717, 1.165) is 11.0 Å². The number of alkyl halides is 6. The number of benzene rings is 1. The first-order valence-electron chi connectivity index (χ1n) is 10.6. The van der Waals surface area contributed by atoms with Gasteiger partial charge in [0.25, 0.3) is 0 Å². The van der Waals surface area contributed by atoms with Crippen molar-refractivity contribution in [3.8, 4) is 17.2 Å². The van der Waals surface area contributed by atoms with Gasteiger partial charge in [-0.15, -0.1) is 0 Å². The van der Waals surface area contributed by atoms with Gasteiger partial charge < -0.3 is 23.5 Å². The Hall–Kier alpha value is -3.57. The van der Waals surface area contributed by atoms with Gasteiger partial charge in [0.15, 0.2) is 11.5 Å². The average Bonchev–Trinajstić information content (AvgIpc) is 3.55. The zero-order valence-electron chi connectivity index (χ0n) is 17.7. The van der Waals surface area contributed by atoms with Gasteiger partial charge in [0.2, 0.25) is 18.5 Å². The highest BCUT2D eigenvalue weighted by Gasteiger charge is 2.62. The third kappa shape index (κ3) is 3.08. The van der Waals surface area contributed by atoms with E-state index >= 15 is 0 Å². The number of likely N-dealkylation sites (tertiary alicyclic amines) is 1. The van der Waals surface area contributed by atoms with Crippen LogP contribution in [0.1, 0.15) is 29.9 Å². The summed E-state index contributed by atoms with van der Waals surface area (Å²) in [6.45, 7) is -0.937. The molecule has 1 aromatic carbocycles. The topological polar surface area (TPSA) is 61.1 Å². The molecule has 1 aromatic heterocycles. The number of furan rings is 1. The SMILES string of the molecule is O=C1N(Cc2ccc(C(F)(F)F)o2)C2=C(C(F)(F)F)CCC=C2C12COc1cc3c(cc12)OCO3. The van der Waals surface area contributed by atoms with Crippen LogP contribution in [0.3, 0.4) is 0 Å². The van der Waals surface area contributed by atoms with Gasteiger partial charge in [0.05, 0.1) is 17.8 Å². The standard InChI is InChI=1S/C23H15F6NO5/c24-22(25,26)13-3-1-2-12-19(13)30(8-11-4-5-18(35-11)23(27,28)29)20(31)21(12)9-32-15-7-17-16(6-14(15)21)33-10-34-17/h2,4-7H,1,3,8-10H2. The molecule has 0 bridgehead atoms. The molecule has 1 fully saturated rings. The molecule has 4 heterocycles. The summed E-state index contributed by atoms with van der Waals surface area (Å²) in [7, 11) is 0. The second-order valence-electron chi connectivity index (χ2n) is 8.53. The van der Waals surface area contributed by atoms with E-state index in [-0.39, 0.29) is 49.0 Å². The van der Waals surface area contributed by atoms with Crippen molar-refractivity contribution in [1.29, 1.82) is 0 Å². The maximum absolute atomic E-state index is 14.1. The number of amides is 1. The highest BCUT2D eigenvalue weighted by atomic mass is 19.4. The molecule has 35 heavy (non-hydrogen) atoms. The molecule has 6 rings (SSSR count). The molecule has 0 saturated carbocycles. The van der Waals surface area contributed by atoms with Gasteiger partial charge in [-0.25, -0.2) is 0 Å². The average molecular weight is 499 g/mol. The lowest BCUT2D eigenvalue weighted by Gasteiger charge is -2.25. The molecule has 1 aliphatic carbocycles. The third-order valence-electron chi connectivity index (χ3n) is 6.60. The van der Waals surface area contributed by atoms with Crippen LogP contribution < -0.4 is 14.2 Å². The number of halogens is 6. The number of nitrogens with zero attached hydrogens (tertiary/aromatic N) is 1. The minimum Gasteiger partial charge on any atom is -0.491 e. The lowest BCUT2D eigenvalue weighted by Crippen LogP contribution is -2.39. The molecule has 1 amide bonds. The summed E-state index contributed by atoms with van der Waals surface area (Å²) in [6.07, 6.45) is -8.30. The molecule has 0 radical (unpaired) electrons. The zero-order valence-corrected chi connectivity index (χ0v) is 17.7. The molecule has 2 aromatic rings. The van der Waals surface area contributed by atoms with Crippen LogP contribution in [0.5, 0.6) is 17.2 Å². The van der Waals surface area contributed by atoms with Gasteiger partial charge in [-0.3, -0.25) is 4.79 Å². The second kappa shape index (κ2) is 6.98. The Morgan fingerprint density at radius 2 is 1.69 bits per heavy atom. The monoisotopic (exact) mass is 499 g/mol. The molecule has 1 saturated heterocycles. The first kappa shape index (κ1) is 21.9. The summed E-state index contributed by atoms with van der Waals surface area (Å²) >= 11 is 0. The lowest BCUT2D eigenvalue weighted by molar-refractivity contribution is -0.153. The molecule has 4 aliphatic rings. The fourth-order valence-corrected chi connectivity index (χ4v) is 5.11. The number of rotatable bonds is 2. The summed E-state index contributed by atoms with van der Waals surface area (Å²) in [6, 6.07) is 4.71. The van der Waals surface area contributed by atoms with Crippen LogP contribution >= 0.6 is 0 Å². The Morgan fingerprint density at radius 1 is 0.943 bits per heavy atom. The van der Waals surface area contributed by atoms with Crippen LogP contribution in [-0.2, 0) is 22.9 Å². The molecule has 1 unspecified atom stereocenters. The molecule has 1 spiro atoms. The molecular formula is C23H15F6NO5. The predicted octanol–water partition coefficient (Wildman–Crippen LogP) is 5.24. The van der Waals surface area contributed by atoms with Crippen molar-refractivity contribution in [2.45, 2.75) is 37.2 Å². The maximum atomic E-state index is 14.1. The van der Waals surface area contributed by atoms with E-state index in [1.165, 1.54) is 12.1 Å². The van der Waals surface area contributed by atoms with Crippen LogP contribution in [-0.4, -0.2) is 30.4 Å². The molecule has 184 valence electrons. The number of hydrogen-bond donors (Lipinski definition) is 0. The fraction of sp³-hybridized carbons (Fsp3) is 0.348. The van der Waals surface area contributed by atoms with Gasteiger partial charge in [-0.2, -0.15) is 26.3 Å². The molecular weight excluding hydrogens is 484 g/mol. The normalized spacial score (nSPS) is 23.1. The number of carbonyl (C=O) groups is 1. The second-order valence-corrected chi connectivity index (χ2v) is 8.53. The molecule has 0 N–H and O–H groups in total. The van der Waals surface area contributed by atoms with Crippen LogP contribution in [0.25, 0.3) is 0 Å². The van der Waals surface area contributed by atoms with Gasteiger partial charge >= 0.3 is 12.4 Å². The van der Waals surface area contributed by atoms with E-state index in [1.807, 2.05) is 0 Å². The van der Waals surface area contributed by atoms with Crippen LogP contribution in [0.4, 0.5) is 26.3 Å². The number of carbonyl (C=O) groups excluding carboxylic acids is 1. The highest BCUT2D eigenvalue weighted by Crippen LogP contribution is 2.58. The van der Waals surface area contributed by atoms with Crippen molar-refractivity contribution in [3.05, 3.63) is 64.3 Å². The summed E-state index contributed by atoms with van der Waals surface area (Å²) < 4.78 is 103. The smallest absolute Gasteiger partial charge is 0.449 e. The Balaban J connectivity index is 1.51. The van der Waals surface area contributed by atoms with Crippen molar-refractivity contribution in [2.75, 3.05) is 13.4 Å².